The van der Waals surface area contributed by atoms with Crippen molar-refractivity contribution in [1.29, 1.82) is 0 Å². The molecule has 0 aliphatic heterocycles. The Bertz CT molecular complexity index is 540. The molecular formula is C17H24N2O3S2. The highest BCUT2D eigenvalue weighted by Gasteiger charge is 2.06. The van der Waals surface area contributed by atoms with Gasteiger partial charge in [0.25, 0.3) is 10.4 Å². The maximum absolute atomic E-state index is 11.7. The number of carbonyl (C=O) groups is 2. The van der Waals surface area contributed by atoms with Crippen LogP contribution in [0, 0.1) is 0 Å². The summed E-state index contributed by atoms with van der Waals surface area (Å²) in [4.78, 5) is 22.7. The summed E-state index contributed by atoms with van der Waals surface area (Å²) in [5.74, 6) is 0.0381. The van der Waals surface area contributed by atoms with Gasteiger partial charge >= 0.3 is 0 Å². The van der Waals surface area contributed by atoms with Gasteiger partial charge in [-0.2, -0.15) is 0 Å². The zero-order valence-corrected chi connectivity index (χ0v) is 15.7. The summed E-state index contributed by atoms with van der Waals surface area (Å²) in [5.41, 5.74) is 5.35. The highest BCUT2D eigenvalue weighted by Crippen LogP contribution is 2.02. The Kier molecular flexibility index (Phi) is 12.5. The lowest BCUT2D eigenvalue weighted by Gasteiger charge is -2.20. The topological polar surface area (TPSA) is 72.6 Å². The third-order valence-corrected chi connectivity index (χ3v) is 3.23. The van der Waals surface area contributed by atoms with Gasteiger partial charge < -0.3 is 15.4 Å². The van der Waals surface area contributed by atoms with Crippen LogP contribution in [-0.2, 0) is 9.53 Å². The average Bonchev–Trinajstić information content (AvgIpc) is 2.54. The van der Waals surface area contributed by atoms with Gasteiger partial charge in [0.2, 0.25) is 0 Å². The third-order valence-electron chi connectivity index (χ3n) is 2.86. The summed E-state index contributed by atoms with van der Waals surface area (Å²) in [6.07, 6.45) is 3.73. The van der Waals surface area contributed by atoms with Gasteiger partial charge in [-0.1, -0.05) is 49.0 Å². The molecule has 1 aromatic carbocycles. The molecule has 0 fully saturated rings. The molecule has 0 spiro atoms. The number of benzene rings is 1. The fraction of sp³-hybridized carbons (Fsp3) is 0.353. The highest BCUT2D eigenvalue weighted by atomic mass is 32.1. The smallest absolute Gasteiger partial charge is 0.273 e. The highest BCUT2D eigenvalue weighted by molar-refractivity contribution is 7.96. The van der Waals surface area contributed by atoms with Gasteiger partial charge in [-0.05, 0) is 37.7 Å². The molecule has 0 radical (unpaired) electrons. The van der Waals surface area contributed by atoms with E-state index < -0.39 is 5.24 Å². The van der Waals surface area contributed by atoms with E-state index in [1.54, 1.807) is 6.08 Å². The minimum absolute atomic E-state index is 0.0381. The third kappa shape index (κ3) is 11.7. The first-order valence-electron chi connectivity index (χ1n) is 7.56. The van der Waals surface area contributed by atoms with Crippen molar-refractivity contribution >= 4 is 47.1 Å². The van der Waals surface area contributed by atoms with Crippen molar-refractivity contribution in [2.45, 2.75) is 20.3 Å². The summed E-state index contributed by atoms with van der Waals surface area (Å²) < 4.78 is 5.41. The van der Waals surface area contributed by atoms with Crippen LogP contribution in [0.3, 0.4) is 0 Å². The zero-order chi connectivity index (χ0) is 18.4. The van der Waals surface area contributed by atoms with Crippen LogP contribution in [0.4, 0.5) is 4.79 Å². The van der Waals surface area contributed by atoms with Crippen LogP contribution in [0.25, 0.3) is 6.08 Å². The largest absolute Gasteiger partial charge is 0.470 e. The SMILES string of the molecule is CCN(CC)C(=S)OCCC(=O)C=Cc1ccccc1.NC(=O)S. The van der Waals surface area contributed by atoms with Crippen LogP contribution >= 0.6 is 24.8 Å². The number of rotatable bonds is 7. The Morgan fingerprint density at radius 3 is 2.29 bits per heavy atom. The monoisotopic (exact) mass is 368 g/mol. The van der Waals surface area contributed by atoms with E-state index >= 15 is 0 Å². The maximum atomic E-state index is 11.7. The van der Waals surface area contributed by atoms with Crippen LogP contribution in [0.15, 0.2) is 36.4 Å². The molecule has 132 valence electrons. The normalized spacial score (nSPS) is 9.79. The lowest BCUT2D eigenvalue weighted by molar-refractivity contribution is -0.115. The average molecular weight is 369 g/mol. The van der Waals surface area contributed by atoms with Crippen LogP contribution < -0.4 is 5.73 Å². The number of primary amides is 1. The van der Waals surface area contributed by atoms with Crippen molar-refractivity contribution < 1.29 is 14.3 Å². The minimum Gasteiger partial charge on any atom is -0.470 e. The molecule has 0 unspecified atom stereocenters. The molecule has 0 aromatic heterocycles. The number of hydrogen-bond donors (Lipinski definition) is 2. The van der Waals surface area contributed by atoms with E-state index in [9.17, 15) is 4.79 Å². The van der Waals surface area contributed by atoms with E-state index in [4.69, 9.17) is 21.7 Å². The molecule has 0 aliphatic rings. The van der Waals surface area contributed by atoms with Gasteiger partial charge in [-0.25, -0.2) is 0 Å². The first-order chi connectivity index (χ1) is 11.4. The second-order valence-corrected chi connectivity index (χ2v) is 5.38. The lowest BCUT2D eigenvalue weighted by Crippen LogP contribution is -2.31. The summed E-state index contributed by atoms with van der Waals surface area (Å²) in [5, 5.41) is -0.171. The number of carbonyl (C=O) groups excluding carboxylic acids is 2. The van der Waals surface area contributed by atoms with Crippen molar-refractivity contribution in [3.05, 3.63) is 42.0 Å². The summed E-state index contributed by atoms with van der Waals surface area (Å²) in [6, 6.07) is 9.73. The molecule has 1 amide bonds. The number of ketones is 1. The fourth-order valence-electron chi connectivity index (χ4n) is 1.65. The van der Waals surface area contributed by atoms with Crippen molar-refractivity contribution in [3.8, 4) is 0 Å². The molecule has 0 aliphatic carbocycles. The summed E-state index contributed by atoms with van der Waals surface area (Å²) in [7, 11) is 0. The van der Waals surface area contributed by atoms with Crippen molar-refractivity contribution in [1.82, 2.24) is 4.90 Å². The molecule has 0 saturated heterocycles. The Labute approximate surface area is 154 Å². The number of amides is 1. The van der Waals surface area contributed by atoms with Crippen molar-refractivity contribution in [2.24, 2.45) is 5.73 Å². The van der Waals surface area contributed by atoms with Crippen LogP contribution in [0.5, 0.6) is 0 Å². The number of thiol groups is 1. The molecular weight excluding hydrogens is 344 g/mol. The predicted octanol–water partition coefficient (Wildman–Crippen LogP) is 3.30. The van der Waals surface area contributed by atoms with E-state index in [1.165, 1.54) is 0 Å². The lowest BCUT2D eigenvalue weighted by atomic mass is 10.2. The summed E-state index contributed by atoms with van der Waals surface area (Å²) >= 11 is 8.25. The van der Waals surface area contributed by atoms with Gasteiger partial charge in [-0.15, -0.1) is 0 Å². The molecule has 0 atom stereocenters. The number of hydrogen-bond acceptors (Lipinski definition) is 4. The molecule has 1 rings (SSSR count). The molecule has 0 saturated carbocycles. The van der Waals surface area contributed by atoms with Gasteiger partial charge in [-0.3, -0.25) is 9.59 Å². The van der Waals surface area contributed by atoms with Crippen LogP contribution in [-0.4, -0.2) is 40.8 Å². The number of thiocarbonyl (C=S) groups is 1. The second kappa shape index (κ2) is 13.6. The van der Waals surface area contributed by atoms with Gasteiger partial charge in [0.05, 0.1) is 6.61 Å². The number of allylic oxidation sites excluding steroid dienone is 1. The van der Waals surface area contributed by atoms with E-state index in [2.05, 4.69) is 18.4 Å². The van der Waals surface area contributed by atoms with E-state index in [1.807, 2.05) is 55.2 Å². The van der Waals surface area contributed by atoms with E-state index in [0.717, 1.165) is 18.7 Å². The first-order valence-corrected chi connectivity index (χ1v) is 8.42. The molecule has 5 nitrogen and oxygen atoms in total. The Morgan fingerprint density at radius 2 is 1.79 bits per heavy atom. The van der Waals surface area contributed by atoms with Gasteiger partial charge in [0.15, 0.2) is 5.78 Å². The Balaban J connectivity index is 0.00000118. The van der Waals surface area contributed by atoms with E-state index in [0.29, 0.717) is 18.2 Å². The number of nitrogens with zero attached hydrogens (tertiary/aromatic N) is 1. The van der Waals surface area contributed by atoms with Crippen LogP contribution in [0.2, 0.25) is 0 Å². The second-order valence-electron chi connectivity index (χ2n) is 4.59. The maximum Gasteiger partial charge on any atom is 0.273 e. The zero-order valence-electron chi connectivity index (χ0n) is 14.0. The van der Waals surface area contributed by atoms with Gasteiger partial charge in [0.1, 0.15) is 0 Å². The molecule has 24 heavy (non-hydrogen) atoms. The van der Waals surface area contributed by atoms with E-state index in [-0.39, 0.29) is 5.78 Å². The van der Waals surface area contributed by atoms with Crippen molar-refractivity contribution in [3.63, 3.8) is 0 Å². The molecule has 2 N–H and O–H groups in total. The molecule has 7 heteroatoms. The predicted molar refractivity (Wildman–Crippen MR) is 105 cm³/mol. The Hall–Kier alpha value is -1.86. The summed E-state index contributed by atoms with van der Waals surface area (Å²) in [6.45, 7) is 6.00. The first kappa shape index (κ1) is 22.1. The number of nitrogens with two attached hydrogens (primary N) is 1. The van der Waals surface area contributed by atoms with Gasteiger partial charge in [0, 0.05) is 19.5 Å². The minimum atomic E-state index is -0.639. The van der Waals surface area contributed by atoms with Crippen LogP contribution in [0.1, 0.15) is 25.8 Å². The molecule has 0 bridgehead atoms. The quantitative estimate of drug-likeness (QED) is 0.439. The Morgan fingerprint density at radius 1 is 1.25 bits per heavy atom. The molecule has 0 heterocycles. The molecule has 1 aromatic rings. The van der Waals surface area contributed by atoms with Crippen molar-refractivity contribution in [2.75, 3.05) is 19.7 Å². The number of ether oxygens (including phenoxy) is 1. The fourth-order valence-corrected chi connectivity index (χ4v) is 1.99. The standard InChI is InChI=1S/C16H21NO2S.CH3NOS/c1-3-17(4-2)16(20)19-13-12-15(18)11-10-14-8-6-5-7-9-14;2-1(3)4/h5-11H,3-4,12-13H2,1-2H3;(H3,2,3,4).